The van der Waals surface area contributed by atoms with Crippen LogP contribution in [0.3, 0.4) is 0 Å². The van der Waals surface area contributed by atoms with Crippen molar-refractivity contribution in [1.29, 1.82) is 5.26 Å². The monoisotopic (exact) mass is 393 g/mol. The minimum absolute atomic E-state index is 0.0260. The fourth-order valence-corrected chi connectivity index (χ4v) is 4.05. The maximum Gasteiger partial charge on any atom is 0.338 e. The Bertz CT molecular complexity index is 839. The zero-order valence-corrected chi connectivity index (χ0v) is 16.0. The first-order chi connectivity index (χ1) is 12.8. The molecule has 0 aliphatic heterocycles. The fourth-order valence-electron chi connectivity index (χ4n) is 2.87. The summed E-state index contributed by atoms with van der Waals surface area (Å²) in [4.78, 5) is 24.1. The summed E-state index contributed by atoms with van der Waals surface area (Å²) in [7, 11) is -3.71. The highest BCUT2D eigenvalue weighted by molar-refractivity contribution is 7.89. The Hall–Kier alpha value is -2.44. The molecule has 1 fully saturated rings. The van der Waals surface area contributed by atoms with E-state index in [-0.39, 0.29) is 17.0 Å². The number of benzene rings is 1. The molecule has 1 aliphatic carbocycles. The molecule has 8 nitrogen and oxygen atoms in total. The lowest BCUT2D eigenvalue weighted by molar-refractivity contribution is -0.125. The van der Waals surface area contributed by atoms with E-state index in [1.54, 1.807) is 0 Å². The molecule has 0 spiro atoms. The molecule has 0 heterocycles. The second kappa shape index (κ2) is 8.97. The Morgan fingerprint density at radius 2 is 2.00 bits per heavy atom. The number of hydrogen-bond acceptors (Lipinski definition) is 6. The second-order valence-corrected chi connectivity index (χ2v) is 8.22. The van der Waals surface area contributed by atoms with Crippen molar-refractivity contribution in [3.8, 4) is 6.07 Å². The van der Waals surface area contributed by atoms with Gasteiger partial charge in [0, 0.05) is 6.54 Å². The van der Waals surface area contributed by atoms with Crippen molar-refractivity contribution < 1.29 is 22.7 Å². The number of esters is 1. The third-order valence-electron chi connectivity index (χ3n) is 4.31. The van der Waals surface area contributed by atoms with Crippen LogP contribution >= 0.6 is 0 Å². The number of nitrogens with one attached hydrogen (secondary N) is 2. The molecule has 0 bridgehead atoms. The van der Waals surface area contributed by atoms with Crippen LogP contribution in [0.2, 0.25) is 0 Å². The van der Waals surface area contributed by atoms with Crippen LogP contribution in [-0.2, 0) is 19.6 Å². The second-order valence-electron chi connectivity index (χ2n) is 6.45. The Morgan fingerprint density at radius 1 is 1.30 bits per heavy atom. The summed E-state index contributed by atoms with van der Waals surface area (Å²) in [6.45, 7) is 1.59. The van der Waals surface area contributed by atoms with Gasteiger partial charge < -0.3 is 10.1 Å². The van der Waals surface area contributed by atoms with Gasteiger partial charge in [-0.3, -0.25) is 4.79 Å². The van der Waals surface area contributed by atoms with Gasteiger partial charge in [0.15, 0.2) is 6.61 Å². The average molecular weight is 393 g/mol. The van der Waals surface area contributed by atoms with Crippen molar-refractivity contribution in [3.63, 3.8) is 0 Å². The maximum atomic E-state index is 12.1. The molecular formula is C18H23N3O5S. The smallest absolute Gasteiger partial charge is 0.338 e. The van der Waals surface area contributed by atoms with Crippen LogP contribution in [-0.4, -0.2) is 39.0 Å². The number of nitriles is 1. The first-order valence-electron chi connectivity index (χ1n) is 8.81. The number of carbonyl (C=O) groups excluding carboxylic acids is 2. The van der Waals surface area contributed by atoms with Gasteiger partial charge in [0.2, 0.25) is 10.0 Å². The van der Waals surface area contributed by atoms with E-state index in [2.05, 4.69) is 16.1 Å². The zero-order valence-electron chi connectivity index (χ0n) is 15.2. The number of amides is 1. The highest BCUT2D eigenvalue weighted by atomic mass is 32.2. The number of ether oxygens (including phenoxy) is 1. The zero-order chi connectivity index (χ0) is 19.9. The fraction of sp³-hybridized carbons (Fsp3) is 0.500. The van der Waals surface area contributed by atoms with Gasteiger partial charge in [-0.15, -0.1) is 0 Å². The molecule has 27 heavy (non-hydrogen) atoms. The van der Waals surface area contributed by atoms with Crippen LogP contribution in [0.25, 0.3) is 0 Å². The molecule has 9 heteroatoms. The van der Waals surface area contributed by atoms with Crippen molar-refractivity contribution in [2.24, 2.45) is 0 Å². The molecule has 1 saturated carbocycles. The van der Waals surface area contributed by atoms with Crippen LogP contribution in [0.5, 0.6) is 0 Å². The molecular weight excluding hydrogens is 370 g/mol. The van der Waals surface area contributed by atoms with E-state index in [4.69, 9.17) is 4.74 Å². The lowest BCUT2D eigenvalue weighted by atomic mass is 10.00. The Labute approximate surface area is 158 Å². The largest absolute Gasteiger partial charge is 0.452 e. The van der Waals surface area contributed by atoms with Crippen LogP contribution in [0.4, 0.5) is 0 Å². The van der Waals surface area contributed by atoms with Crippen molar-refractivity contribution in [1.82, 2.24) is 10.0 Å². The molecule has 1 aromatic carbocycles. The van der Waals surface area contributed by atoms with Crippen LogP contribution < -0.4 is 10.0 Å². The van der Waals surface area contributed by atoms with Crippen molar-refractivity contribution in [3.05, 3.63) is 29.8 Å². The van der Waals surface area contributed by atoms with Gasteiger partial charge in [-0.1, -0.05) is 13.0 Å². The summed E-state index contributed by atoms with van der Waals surface area (Å²) < 4.78 is 31.7. The molecule has 1 aromatic rings. The molecule has 146 valence electrons. The first-order valence-corrected chi connectivity index (χ1v) is 10.3. The van der Waals surface area contributed by atoms with E-state index in [0.29, 0.717) is 19.3 Å². The normalized spacial score (nSPS) is 15.7. The molecule has 2 N–H and O–H groups in total. The molecule has 2 rings (SSSR count). The van der Waals surface area contributed by atoms with Crippen LogP contribution in [0, 0.1) is 11.3 Å². The number of nitrogens with zero attached hydrogens (tertiary/aromatic N) is 1. The molecule has 0 radical (unpaired) electrons. The molecule has 0 aromatic heterocycles. The molecule has 0 unspecified atom stereocenters. The first kappa shape index (κ1) is 20.9. The summed E-state index contributed by atoms with van der Waals surface area (Å²) in [6.07, 6.45) is 3.52. The summed E-state index contributed by atoms with van der Waals surface area (Å²) in [6, 6.07) is 7.54. The highest BCUT2D eigenvalue weighted by Gasteiger charge is 2.35. The molecule has 1 aliphatic rings. The van der Waals surface area contributed by atoms with Gasteiger partial charge in [0.05, 0.1) is 16.5 Å². The highest BCUT2D eigenvalue weighted by Crippen LogP contribution is 2.28. The SMILES string of the molecule is CCCNS(=O)(=O)c1cccc(C(=O)OCC(=O)NC2(C#N)CCCC2)c1. The van der Waals surface area contributed by atoms with E-state index >= 15 is 0 Å². The summed E-state index contributed by atoms with van der Waals surface area (Å²) in [5, 5.41) is 11.9. The number of sulfonamides is 1. The maximum absolute atomic E-state index is 12.1. The van der Waals surface area contributed by atoms with Gasteiger partial charge in [-0.2, -0.15) is 5.26 Å². The number of carbonyl (C=O) groups is 2. The van der Waals surface area contributed by atoms with Gasteiger partial charge in [-0.25, -0.2) is 17.9 Å². The molecule has 0 saturated heterocycles. The van der Waals surface area contributed by atoms with Crippen LogP contribution in [0.15, 0.2) is 29.2 Å². The molecule has 0 atom stereocenters. The van der Waals surface area contributed by atoms with E-state index in [1.165, 1.54) is 24.3 Å². The minimum atomic E-state index is -3.71. The average Bonchev–Trinajstić information content (AvgIpc) is 3.13. The minimum Gasteiger partial charge on any atom is -0.452 e. The van der Waals surface area contributed by atoms with Gasteiger partial charge in [0.1, 0.15) is 5.54 Å². The predicted octanol–water partition coefficient (Wildman–Crippen LogP) is 1.48. The van der Waals surface area contributed by atoms with Crippen LogP contribution in [0.1, 0.15) is 49.4 Å². The lowest BCUT2D eigenvalue weighted by Gasteiger charge is -2.21. The summed E-state index contributed by atoms with van der Waals surface area (Å²) >= 11 is 0. The topological polar surface area (TPSA) is 125 Å². The third-order valence-corrected chi connectivity index (χ3v) is 5.76. The molecule has 1 amide bonds. The summed E-state index contributed by atoms with van der Waals surface area (Å²) in [5.74, 6) is -1.37. The van der Waals surface area contributed by atoms with E-state index in [0.717, 1.165) is 12.8 Å². The Morgan fingerprint density at radius 3 is 2.63 bits per heavy atom. The number of hydrogen-bond donors (Lipinski definition) is 2. The Kier molecular flexibility index (Phi) is 6.93. The third kappa shape index (κ3) is 5.52. The number of rotatable bonds is 8. The lowest BCUT2D eigenvalue weighted by Crippen LogP contribution is -2.46. The quantitative estimate of drug-likeness (QED) is 0.645. The summed E-state index contributed by atoms with van der Waals surface area (Å²) in [5.41, 5.74) is -0.861. The standard InChI is InChI=1S/C18H23N3O5S/c1-2-10-20-27(24,25)15-7-5-6-14(11-15)17(23)26-12-16(22)21-18(13-19)8-3-4-9-18/h5-7,11,20H,2-4,8-10,12H2,1H3,(H,21,22). The van der Waals surface area contributed by atoms with Gasteiger partial charge in [-0.05, 0) is 50.3 Å². The van der Waals surface area contributed by atoms with Gasteiger partial charge in [0.25, 0.3) is 5.91 Å². The van der Waals surface area contributed by atoms with Gasteiger partial charge >= 0.3 is 5.97 Å². The van der Waals surface area contributed by atoms with E-state index in [9.17, 15) is 23.3 Å². The van der Waals surface area contributed by atoms with E-state index < -0.39 is 34.0 Å². The van der Waals surface area contributed by atoms with E-state index in [1.807, 2.05) is 6.92 Å². The Balaban J connectivity index is 1.97. The van der Waals surface area contributed by atoms with Crippen molar-refractivity contribution in [2.75, 3.05) is 13.2 Å². The van der Waals surface area contributed by atoms with Crippen molar-refractivity contribution in [2.45, 2.75) is 49.5 Å². The van der Waals surface area contributed by atoms with Crippen molar-refractivity contribution >= 4 is 21.9 Å². The predicted molar refractivity (Wildman–Crippen MR) is 97.2 cm³/mol.